The minimum absolute atomic E-state index is 0.0178. The molecule has 0 bridgehead atoms. The first-order valence-corrected chi connectivity index (χ1v) is 15.1. The predicted molar refractivity (Wildman–Crippen MR) is 143 cm³/mol. The molecule has 2 aliphatic rings. The second-order valence-electron chi connectivity index (χ2n) is 11.0. The molecule has 2 atom stereocenters. The molecule has 0 radical (unpaired) electrons. The summed E-state index contributed by atoms with van der Waals surface area (Å²) in [4.78, 5) is 10.0. The molecular weight excluding hydrogens is 436 g/mol. The van der Waals surface area contributed by atoms with Crippen molar-refractivity contribution in [2.24, 2.45) is 15.4 Å². The molecule has 0 aromatic heterocycles. The molecule has 0 aliphatic carbocycles. The molecule has 2 aromatic rings. The molecular formula is C29H36N2O2Si. The Morgan fingerprint density at radius 3 is 1.65 bits per heavy atom. The maximum absolute atomic E-state index is 6.22. The second kappa shape index (κ2) is 9.42. The topological polar surface area (TPSA) is 43.2 Å². The van der Waals surface area contributed by atoms with Crippen molar-refractivity contribution in [1.29, 1.82) is 0 Å². The minimum Gasteiger partial charge on any atom is -0.478 e. The number of ether oxygens (including phenoxy) is 2. The molecule has 5 heteroatoms. The number of nitrogens with zero attached hydrogens (tertiary/aromatic N) is 2. The molecule has 2 aliphatic heterocycles. The molecule has 0 amide bonds. The maximum Gasteiger partial charge on any atom is 0.200 e. The first-order valence-electron chi connectivity index (χ1n) is 12.1. The number of aliphatic imine (C=N–C) groups is 2. The number of benzene rings is 2. The Labute approximate surface area is 205 Å². The van der Waals surface area contributed by atoms with E-state index in [0.29, 0.717) is 31.4 Å². The van der Waals surface area contributed by atoms with Gasteiger partial charge in [0.25, 0.3) is 0 Å². The summed E-state index contributed by atoms with van der Waals surface area (Å²) in [5.41, 5.74) is 5.34. The zero-order valence-corrected chi connectivity index (χ0v) is 22.3. The first kappa shape index (κ1) is 24.3. The zero-order chi connectivity index (χ0) is 24.4. The Morgan fingerprint density at radius 1 is 0.794 bits per heavy atom. The van der Waals surface area contributed by atoms with Crippen molar-refractivity contribution in [3.8, 4) is 11.5 Å². The van der Waals surface area contributed by atoms with Crippen molar-refractivity contribution >= 4 is 19.9 Å². The molecule has 178 valence electrons. The lowest BCUT2D eigenvalue weighted by Crippen LogP contribution is -2.38. The summed E-state index contributed by atoms with van der Waals surface area (Å²) < 4.78 is 12.4. The van der Waals surface area contributed by atoms with Crippen molar-refractivity contribution in [1.82, 2.24) is 0 Å². The smallest absolute Gasteiger partial charge is 0.200 e. The Balaban J connectivity index is 1.67. The molecule has 0 saturated carbocycles. The summed E-state index contributed by atoms with van der Waals surface area (Å²) >= 11 is 0. The molecule has 2 aromatic carbocycles. The van der Waals surface area contributed by atoms with Gasteiger partial charge in [-0.1, -0.05) is 94.5 Å². The minimum atomic E-state index is -1.74. The Kier molecular flexibility index (Phi) is 6.73. The van der Waals surface area contributed by atoms with E-state index in [-0.39, 0.29) is 17.1 Å². The van der Waals surface area contributed by atoms with E-state index in [1.165, 1.54) is 0 Å². The summed E-state index contributed by atoms with van der Waals surface area (Å²) in [6.45, 7) is 14.7. The fourth-order valence-electron chi connectivity index (χ4n) is 3.92. The highest BCUT2D eigenvalue weighted by Gasteiger charge is 2.45. The Morgan fingerprint density at radius 2 is 1.24 bits per heavy atom. The van der Waals surface area contributed by atoms with Crippen molar-refractivity contribution in [2.75, 3.05) is 13.2 Å². The van der Waals surface area contributed by atoms with Crippen LogP contribution in [0.25, 0.3) is 0 Å². The van der Waals surface area contributed by atoms with Crippen molar-refractivity contribution in [2.45, 2.75) is 64.3 Å². The van der Waals surface area contributed by atoms with Gasteiger partial charge < -0.3 is 9.47 Å². The summed E-state index contributed by atoms with van der Waals surface area (Å²) in [7, 11) is -1.74. The van der Waals surface area contributed by atoms with Gasteiger partial charge in [0, 0.05) is 6.42 Å². The van der Waals surface area contributed by atoms with Gasteiger partial charge in [-0.15, -0.1) is 11.5 Å². The van der Waals surface area contributed by atoms with Gasteiger partial charge >= 0.3 is 0 Å². The molecule has 4 rings (SSSR count). The number of hydrogen-bond donors (Lipinski definition) is 0. The van der Waals surface area contributed by atoms with Gasteiger partial charge in [0.2, 0.25) is 11.8 Å². The highest BCUT2D eigenvalue weighted by Crippen LogP contribution is 2.39. The predicted octanol–water partition coefficient (Wildman–Crippen LogP) is 6.77. The Bertz CT molecular complexity index is 1060. The van der Waals surface area contributed by atoms with E-state index in [4.69, 9.17) is 19.5 Å². The van der Waals surface area contributed by atoms with Crippen LogP contribution in [0.4, 0.5) is 0 Å². The third-order valence-electron chi connectivity index (χ3n) is 7.33. The lowest BCUT2D eigenvalue weighted by Gasteiger charge is -2.32. The number of rotatable bonds is 5. The summed E-state index contributed by atoms with van der Waals surface area (Å²) in [6, 6.07) is 20.6. The lowest BCUT2D eigenvalue weighted by atomic mass is 9.86. The van der Waals surface area contributed by atoms with Crippen LogP contribution in [0.3, 0.4) is 0 Å². The quantitative estimate of drug-likeness (QED) is 0.356. The SMILES string of the molecule is CC(CC#C[Si](C)(C)C(C)(C)C)(C1=N[C@@H](c2ccccc2)CO1)C1=N[C@@H](c2ccccc2)CO1. The lowest BCUT2D eigenvalue weighted by molar-refractivity contribution is 0.260. The highest BCUT2D eigenvalue weighted by atomic mass is 28.3. The van der Waals surface area contributed by atoms with E-state index < -0.39 is 13.5 Å². The van der Waals surface area contributed by atoms with Crippen molar-refractivity contribution < 1.29 is 9.47 Å². The van der Waals surface area contributed by atoms with E-state index in [1.807, 2.05) is 36.4 Å². The van der Waals surface area contributed by atoms with Gasteiger partial charge in [-0.05, 0) is 23.1 Å². The van der Waals surface area contributed by atoms with Crippen LogP contribution in [0.5, 0.6) is 0 Å². The summed E-state index contributed by atoms with van der Waals surface area (Å²) in [5, 5.41) is 0.204. The average molecular weight is 473 g/mol. The number of hydrogen-bond acceptors (Lipinski definition) is 4. The average Bonchev–Trinajstić information content (AvgIpc) is 3.50. The van der Waals surface area contributed by atoms with Gasteiger partial charge in [0.05, 0.1) is 0 Å². The van der Waals surface area contributed by atoms with Crippen LogP contribution >= 0.6 is 0 Å². The third-order valence-corrected chi connectivity index (χ3v) is 11.9. The van der Waals surface area contributed by atoms with Crippen LogP contribution in [0.2, 0.25) is 18.1 Å². The summed E-state index contributed by atoms with van der Waals surface area (Å²) in [6.07, 6.45) is 0.570. The standard InChI is InChI=1S/C29H36N2O2Si/c1-28(2,3)34(5,6)19-13-18-29(4,26-30-24(20-32-26)22-14-9-7-10-15-22)27-31-25(21-33-27)23-16-11-8-12-17-23/h7-12,14-17,24-25H,18,20-21H2,1-6H3/t24-,25-/m1/s1. The van der Waals surface area contributed by atoms with Crippen LogP contribution < -0.4 is 0 Å². The van der Waals surface area contributed by atoms with Gasteiger partial charge in [-0.3, -0.25) is 0 Å². The van der Waals surface area contributed by atoms with E-state index in [2.05, 4.69) is 76.5 Å². The largest absolute Gasteiger partial charge is 0.478 e. The van der Waals surface area contributed by atoms with Crippen LogP contribution in [0.1, 0.15) is 57.3 Å². The normalized spacial score (nSPS) is 20.5. The van der Waals surface area contributed by atoms with E-state index in [9.17, 15) is 0 Å². The highest BCUT2D eigenvalue weighted by molar-refractivity contribution is 6.87. The molecule has 0 spiro atoms. The Hall–Kier alpha value is -2.84. The molecule has 0 N–H and O–H groups in total. The molecule has 2 heterocycles. The van der Waals surface area contributed by atoms with E-state index >= 15 is 0 Å². The summed E-state index contributed by atoms with van der Waals surface area (Å²) in [5.74, 6) is 4.88. The molecule has 0 unspecified atom stereocenters. The van der Waals surface area contributed by atoms with Gasteiger partial charge in [-0.2, -0.15) is 0 Å². The third kappa shape index (κ3) is 4.98. The fraction of sp³-hybridized carbons (Fsp3) is 0.448. The fourth-order valence-corrected chi connectivity index (χ4v) is 4.82. The van der Waals surface area contributed by atoms with E-state index in [0.717, 1.165) is 11.1 Å². The molecule has 34 heavy (non-hydrogen) atoms. The van der Waals surface area contributed by atoms with Gasteiger partial charge in [-0.25, -0.2) is 9.98 Å². The van der Waals surface area contributed by atoms with Crippen molar-refractivity contribution in [3.63, 3.8) is 0 Å². The van der Waals surface area contributed by atoms with Crippen LogP contribution in [0.15, 0.2) is 70.6 Å². The zero-order valence-electron chi connectivity index (χ0n) is 21.3. The van der Waals surface area contributed by atoms with Crippen LogP contribution in [-0.2, 0) is 9.47 Å². The molecule has 4 nitrogen and oxygen atoms in total. The maximum atomic E-state index is 6.22. The van der Waals surface area contributed by atoms with Gasteiger partial charge in [0.1, 0.15) is 38.8 Å². The second-order valence-corrected chi connectivity index (χ2v) is 16.0. The van der Waals surface area contributed by atoms with Crippen LogP contribution in [-0.4, -0.2) is 33.1 Å². The first-order chi connectivity index (χ1) is 16.1. The molecule has 0 saturated heterocycles. The van der Waals surface area contributed by atoms with Gasteiger partial charge in [0.15, 0.2) is 0 Å². The molecule has 0 fully saturated rings. The van der Waals surface area contributed by atoms with Crippen molar-refractivity contribution in [3.05, 3.63) is 71.8 Å². The monoisotopic (exact) mass is 472 g/mol. The van der Waals surface area contributed by atoms with Crippen LogP contribution in [0, 0.1) is 16.9 Å². The van der Waals surface area contributed by atoms with E-state index in [1.54, 1.807) is 0 Å².